The minimum atomic E-state index is 0.355. The van der Waals surface area contributed by atoms with Crippen LogP contribution in [0.4, 0.5) is 17.5 Å². The average Bonchev–Trinajstić information content (AvgIpc) is 2.81. The molecule has 7 nitrogen and oxygen atoms in total. The number of nitrogens with two attached hydrogens (primary N) is 2. The lowest BCUT2D eigenvalue weighted by molar-refractivity contribution is 0.929. The quantitative estimate of drug-likeness (QED) is 0.658. The summed E-state index contributed by atoms with van der Waals surface area (Å²) in [6, 6.07) is 7.76. The van der Waals surface area contributed by atoms with Gasteiger partial charge in [-0.1, -0.05) is 12.1 Å². The molecule has 0 amide bonds. The zero-order valence-corrected chi connectivity index (χ0v) is 11.0. The molecule has 3 aromatic rings. The van der Waals surface area contributed by atoms with Gasteiger partial charge in [0.1, 0.15) is 5.52 Å². The van der Waals surface area contributed by atoms with Crippen LogP contribution in [0.5, 0.6) is 0 Å². The molecule has 5 N–H and O–H groups in total. The SMILES string of the molecule is Cn1cnc2c(N)nc(Nc3cccc(CN)c3)nc21. The molecule has 0 atom stereocenters. The maximum atomic E-state index is 5.89. The highest BCUT2D eigenvalue weighted by Gasteiger charge is 2.09. The topological polar surface area (TPSA) is 108 Å². The Kier molecular flexibility index (Phi) is 2.96. The predicted molar refractivity (Wildman–Crippen MR) is 78.3 cm³/mol. The fourth-order valence-corrected chi connectivity index (χ4v) is 1.99. The van der Waals surface area contributed by atoms with Crippen LogP contribution in [0.1, 0.15) is 5.56 Å². The number of aryl methyl sites for hydroxylation is 1. The second-order valence-corrected chi connectivity index (χ2v) is 4.49. The summed E-state index contributed by atoms with van der Waals surface area (Å²) >= 11 is 0. The van der Waals surface area contributed by atoms with E-state index in [0.717, 1.165) is 11.3 Å². The second-order valence-electron chi connectivity index (χ2n) is 4.49. The molecule has 1 aromatic carbocycles. The predicted octanol–water partition coefficient (Wildman–Crippen LogP) is 1.15. The molecule has 0 aliphatic carbocycles. The van der Waals surface area contributed by atoms with E-state index in [9.17, 15) is 0 Å². The molecule has 3 rings (SSSR count). The van der Waals surface area contributed by atoms with Gasteiger partial charge in [-0.25, -0.2) is 4.98 Å². The van der Waals surface area contributed by atoms with Crippen molar-refractivity contribution in [3.8, 4) is 0 Å². The number of hydrogen-bond acceptors (Lipinski definition) is 6. The highest BCUT2D eigenvalue weighted by molar-refractivity contribution is 5.83. The third-order valence-corrected chi connectivity index (χ3v) is 3.01. The van der Waals surface area contributed by atoms with Gasteiger partial charge in [0.2, 0.25) is 5.95 Å². The molecule has 0 radical (unpaired) electrons. The lowest BCUT2D eigenvalue weighted by atomic mass is 10.2. The Morgan fingerprint density at radius 1 is 1.30 bits per heavy atom. The average molecular weight is 269 g/mol. The highest BCUT2D eigenvalue weighted by atomic mass is 15.2. The van der Waals surface area contributed by atoms with E-state index in [-0.39, 0.29) is 0 Å². The fourth-order valence-electron chi connectivity index (χ4n) is 1.99. The zero-order valence-electron chi connectivity index (χ0n) is 11.0. The van der Waals surface area contributed by atoms with Gasteiger partial charge in [0.15, 0.2) is 11.5 Å². The van der Waals surface area contributed by atoms with Gasteiger partial charge in [-0.15, -0.1) is 0 Å². The van der Waals surface area contributed by atoms with Crippen molar-refractivity contribution in [2.45, 2.75) is 6.54 Å². The maximum absolute atomic E-state index is 5.89. The van der Waals surface area contributed by atoms with Gasteiger partial charge in [0.25, 0.3) is 0 Å². The van der Waals surface area contributed by atoms with Crippen LogP contribution in [-0.4, -0.2) is 19.5 Å². The van der Waals surface area contributed by atoms with Gasteiger partial charge in [-0.2, -0.15) is 9.97 Å². The standard InChI is InChI=1S/C13H15N7/c1-20-7-16-10-11(15)18-13(19-12(10)20)17-9-4-2-3-8(5-9)6-14/h2-5,7H,6,14H2,1H3,(H3,15,17,18,19). The molecular weight excluding hydrogens is 254 g/mol. The number of hydrogen-bond donors (Lipinski definition) is 3. The molecule has 0 saturated carbocycles. The summed E-state index contributed by atoms with van der Waals surface area (Å²) in [5.74, 6) is 0.792. The van der Waals surface area contributed by atoms with Crippen molar-refractivity contribution in [2.75, 3.05) is 11.1 Å². The summed E-state index contributed by atoms with van der Waals surface area (Å²) in [5.41, 5.74) is 14.7. The van der Waals surface area contributed by atoms with Crippen molar-refractivity contribution in [2.24, 2.45) is 12.8 Å². The Hall–Kier alpha value is -2.67. The Morgan fingerprint density at radius 3 is 2.95 bits per heavy atom. The number of fused-ring (bicyclic) bond motifs is 1. The summed E-state index contributed by atoms with van der Waals surface area (Å²) < 4.78 is 1.80. The van der Waals surface area contributed by atoms with E-state index in [1.54, 1.807) is 10.9 Å². The highest BCUT2D eigenvalue weighted by Crippen LogP contribution is 2.20. The summed E-state index contributed by atoms with van der Waals surface area (Å²) in [6.07, 6.45) is 1.66. The Morgan fingerprint density at radius 2 is 2.15 bits per heavy atom. The van der Waals surface area contributed by atoms with Crippen LogP contribution in [0.2, 0.25) is 0 Å². The van der Waals surface area contributed by atoms with Crippen molar-refractivity contribution in [1.82, 2.24) is 19.5 Å². The molecule has 0 fully saturated rings. The van der Waals surface area contributed by atoms with E-state index in [1.807, 2.05) is 31.3 Å². The van der Waals surface area contributed by atoms with Crippen LogP contribution >= 0.6 is 0 Å². The second kappa shape index (κ2) is 4.78. The van der Waals surface area contributed by atoms with Crippen molar-refractivity contribution >= 4 is 28.6 Å². The van der Waals surface area contributed by atoms with Gasteiger partial charge in [0.05, 0.1) is 6.33 Å². The summed E-state index contributed by atoms with van der Waals surface area (Å²) in [5, 5.41) is 3.13. The van der Waals surface area contributed by atoms with Gasteiger partial charge < -0.3 is 21.4 Å². The molecule has 2 aromatic heterocycles. The third-order valence-electron chi connectivity index (χ3n) is 3.01. The molecule has 0 bridgehead atoms. The smallest absolute Gasteiger partial charge is 0.231 e. The molecule has 0 aliphatic heterocycles. The van der Waals surface area contributed by atoms with Gasteiger partial charge >= 0.3 is 0 Å². The molecule has 102 valence electrons. The molecule has 2 heterocycles. The van der Waals surface area contributed by atoms with Crippen molar-refractivity contribution < 1.29 is 0 Å². The van der Waals surface area contributed by atoms with Crippen LogP contribution in [0.25, 0.3) is 11.2 Å². The van der Waals surface area contributed by atoms with E-state index in [0.29, 0.717) is 29.5 Å². The van der Waals surface area contributed by atoms with Crippen molar-refractivity contribution in [1.29, 1.82) is 0 Å². The number of benzene rings is 1. The molecule has 7 heteroatoms. The van der Waals surface area contributed by atoms with E-state index < -0.39 is 0 Å². The van der Waals surface area contributed by atoms with Crippen LogP contribution in [0.3, 0.4) is 0 Å². The molecule has 0 aliphatic rings. The zero-order chi connectivity index (χ0) is 14.1. The van der Waals surface area contributed by atoms with Crippen LogP contribution in [-0.2, 0) is 13.6 Å². The summed E-state index contributed by atoms with van der Waals surface area (Å²) in [4.78, 5) is 12.8. The molecule has 20 heavy (non-hydrogen) atoms. The van der Waals surface area contributed by atoms with E-state index in [2.05, 4.69) is 20.3 Å². The first-order valence-corrected chi connectivity index (χ1v) is 6.18. The van der Waals surface area contributed by atoms with Crippen molar-refractivity contribution in [3.63, 3.8) is 0 Å². The van der Waals surface area contributed by atoms with Gasteiger partial charge in [-0.05, 0) is 17.7 Å². The lowest BCUT2D eigenvalue weighted by Gasteiger charge is -2.07. The fraction of sp³-hybridized carbons (Fsp3) is 0.154. The van der Waals surface area contributed by atoms with Gasteiger partial charge in [0, 0.05) is 19.3 Å². The number of anilines is 3. The number of rotatable bonds is 3. The molecule has 0 unspecified atom stereocenters. The molecule has 0 saturated heterocycles. The first-order chi connectivity index (χ1) is 9.67. The lowest BCUT2D eigenvalue weighted by Crippen LogP contribution is -2.03. The first kappa shape index (κ1) is 12.4. The third kappa shape index (κ3) is 2.14. The summed E-state index contributed by atoms with van der Waals surface area (Å²) in [6.45, 7) is 0.485. The molecular formula is C13H15N7. The Bertz CT molecular complexity index is 763. The van der Waals surface area contributed by atoms with E-state index in [1.165, 1.54) is 0 Å². The first-order valence-electron chi connectivity index (χ1n) is 6.18. The Balaban J connectivity index is 1.99. The van der Waals surface area contributed by atoms with Crippen LogP contribution in [0, 0.1) is 0 Å². The monoisotopic (exact) mass is 269 g/mol. The normalized spacial score (nSPS) is 10.9. The molecule has 0 spiro atoms. The minimum absolute atomic E-state index is 0.355. The number of nitrogens with one attached hydrogen (secondary N) is 1. The van der Waals surface area contributed by atoms with Crippen LogP contribution in [0.15, 0.2) is 30.6 Å². The van der Waals surface area contributed by atoms with Gasteiger partial charge in [-0.3, -0.25) is 0 Å². The number of nitrogens with zero attached hydrogens (tertiary/aromatic N) is 4. The maximum Gasteiger partial charge on any atom is 0.231 e. The van der Waals surface area contributed by atoms with Crippen LogP contribution < -0.4 is 16.8 Å². The van der Waals surface area contributed by atoms with Crippen molar-refractivity contribution in [3.05, 3.63) is 36.2 Å². The van der Waals surface area contributed by atoms with E-state index in [4.69, 9.17) is 11.5 Å². The number of imidazole rings is 1. The van der Waals surface area contributed by atoms with E-state index >= 15 is 0 Å². The number of aromatic nitrogens is 4. The summed E-state index contributed by atoms with van der Waals surface area (Å²) in [7, 11) is 1.86. The minimum Gasteiger partial charge on any atom is -0.382 e. The number of nitrogen functional groups attached to an aromatic ring is 1. The largest absolute Gasteiger partial charge is 0.382 e. The Labute approximate surface area is 115 Å².